The third kappa shape index (κ3) is 3.11. The summed E-state index contributed by atoms with van der Waals surface area (Å²) in [4.78, 5) is 14.7. The number of hydrogen-bond donors (Lipinski definition) is 2. The van der Waals surface area contributed by atoms with Crippen molar-refractivity contribution in [3.63, 3.8) is 0 Å². The molecule has 5 nitrogen and oxygen atoms in total. The molecule has 1 unspecified atom stereocenters. The highest BCUT2D eigenvalue weighted by molar-refractivity contribution is 6.04. The van der Waals surface area contributed by atoms with Gasteiger partial charge < -0.3 is 5.32 Å². The standard InChI is InChI=1S/C20H19FN4O/c1-13(14-6-3-2-4-7-14)25-11-17-18(12-25)23-24-19(17)22-20(26)15-8-5-9-16(21)10-15/h2-10,13H,11-12H2,1H3,(H2,22,23,24,26). The van der Waals surface area contributed by atoms with Crippen LogP contribution in [0.1, 0.15) is 40.1 Å². The van der Waals surface area contributed by atoms with Crippen molar-refractivity contribution in [2.24, 2.45) is 0 Å². The first-order valence-electron chi connectivity index (χ1n) is 8.54. The van der Waals surface area contributed by atoms with Crippen LogP contribution in [0.25, 0.3) is 0 Å². The number of halogens is 1. The summed E-state index contributed by atoms with van der Waals surface area (Å²) in [6.45, 7) is 3.61. The van der Waals surface area contributed by atoms with Crippen molar-refractivity contribution in [3.8, 4) is 0 Å². The van der Waals surface area contributed by atoms with Crippen LogP contribution in [0, 0.1) is 5.82 Å². The summed E-state index contributed by atoms with van der Waals surface area (Å²) in [5, 5.41) is 10.0. The minimum absolute atomic E-state index is 0.253. The summed E-state index contributed by atoms with van der Waals surface area (Å²) in [5.41, 5.74) is 3.50. The molecular formula is C20H19FN4O. The Kier molecular flexibility index (Phi) is 4.26. The molecule has 1 aliphatic rings. The van der Waals surface area contributed by atoms with Crippen LogP contribution < -0.4 is 5.32 Å². The summed E-state index contributed by atoms with van der Waals surface area (Å²) in [5.74, 6) is -0.293. The molecule has 1 aliphatic heterocycles. The highest BCUT2D eigenvalue weighted by Crippen LogP contribution is 2.33. The van der Waals surface area contributed by atoms with Crippen LogP contribution in [-0.4, -0.2) is 21.0 Å². The van der Waals surface area contributed by atoms with Crippen molar-refractivity contribution in [3.05, 3.63) is 82.8 Å². The maximum atomic E-state index is 13.3. The topological polar surface area (TPSA) is 61.0 Å². The van der Waals surface area contributed by atoms with Gasteiger partial charge in [-0.25, -0.2) is 4.39 Å². The van der Waals surface area contributed by atoms with Crippen molar-refractivity contribution in [1.82, 2.24) is 15.1 Å². The highest BCUT2D eigenvalue weighted by Gasteiger charge is 2.29. The number of aromatic nitrogens is 2. The van der Waals surface area contributed by atoms with Gasteiger partial charge in [-0.15, -0.1) is 0 Å². The largest absolute Gasteiger partial charge is 0.305 e. The summed E-state index contributed by atoms with van der Waals surface area (Å²) in [6, 6.07) is 16.2. The van der Waals surface area contributed by atoms with E-state index in [2.05, 4.69) is 39.5 Å². The van der Waals surface area contributed by atoms with E-state index in [4.69, 9.17) is 0 Å². The molecule has 0 spiro atoms. The van der Waals surface area contributed by atoms with Gasteiger partial charge in [0.25, 0.3) is 5.91 Å². The zero-order valence-corrected chi connectivity index (χ0v) is 14.4. The summed E-state index contributed by atoms with van der Waals surface area (Å²) in [7, 11) is 0. The molecule has 0 radical (unpaired) electrons. The molecule has 0 saturated carbocycles. The molecule has 1 amide bonds. The smallest absolute Gasteiger partial charge is 0.256 e. The number of nitrogens with one attached hydrogen (secondary N) is 2. The number of carbonyl (C=O) groups excluding carboxylic acids is 1. The quantitative estimate of drug-likeness (QED) is 0.751. The van der Waals surface area contributed by atoms with Crippen LogP contribution in [0.15, 0.2) is 54.6 Å². The number of hydrogen-bond acceptors (Lipinski definition) is 3. The Morgan fingerprint density at radius 2 is 2.00 bits per heavy atom. The normalized spacial score (nSPS) is 14.8. The fourth-order valence-electron chi connectivity index (χ4n) is 3.29. The van der Waals surface area contributed by atoms with Crippen LogP contribution in [0.5, 0.6) is 0 Å². The highest BCUT2D eigenvalue weighted by atomic mass is 19.1. The predicted octanol–water partition coefficient (Wildman–Crippen LogP) is 3.88. The van der Waals surface area contributed by atoms with Gasteiger partial charge in [0.05, 0.1) is 5.69 Å². The molecule has 6 heteroatoms. The van der Waals surface area contributed by atoms with Gasteiger partial charge in [-0.1, -0.05) is 36.4 Å². The van der Waals surface area contributed by atoms with E-state index in [9.17, 15) is 9.18 Å². The van der Waals surface area contributed by atoms with E-state index in [0.29, 0.717) is 12.4 Å². The number of carbonyl (C=O) groups is 1. The van der Waals surface area contributed by atoms with E-state index in [-0.39, 0.29) is 17.5 Å². The molecule has 2 aromatic carbocycles. The van der Waals surface area contributed by atoms with Gasteiger partial charge >= 0.3 is 0 Å². The van der Waals surface area contributed by atoms with E-state index in [1.165, 1.54) is 23.8 Å². The molecule has 1 atom stereocenters. The lowest BCUT2D eigenvalue weighted by Gasteiger charge is -2.24. The molecule has 3 aromatic rings. The number of aromatic amines is 1. The monoisotopic (exact) mass is 350 g/mol. The molecule has 2 N–H and O–H groups in total. The van der Waals surface area contributed by atoms with Gasteiger partial charge in [0, 0.05) is 30.3 Å². The number of nitrogens with zero attached hydrogens (tertiary/aromatic N) is 2. The Labute approximate surface area is 150 Å². The molecule has 0 bridgehead atoms. The second kappa shape index (κ2) is 6.72. The first-order valence-corrected chi connectivity index (χ1v) is 8.54. The van der Waals surface area contributed by atoms with E-state index in [0.717, 1.165) is 17.8 Å². The summed E-state index contributed by atoms with van der Waals surface area (Å²) >= 11 is 0. The van der Waals surface area contributed by atoms with Gasteiger partial charge in [-0.3, -0.25) is 14.8 Å². The van der Waals surface area contributed by atoms with Gasteiger partial charge in [0.15, 0.2) is 5.82 Å². The van der Waals surface area contributed by atoms with E-state index in [1.54, 1.807) is 6.07 Å². The number of amides is 1. The maximum Gasteiger partial charge on any atom is 0.256 e. The van der Waals surface area contributed by atoms with E-state index >= 15 is 0 Å². The lowest BCUT2D eigenvalue weighted by molar-refractivity contribution is 0.102. The molecule has 132 valence electrons. The molecule has 26 heavy (non-hydrogen) atoms. The van der Waals surface area contributed by atoms with Crippen LogP contribution in [-0.2, 0) is 13.1 Å². The minimum atomic E-state index is -0.437. The Bertz CT molecular complexity index is 938. The maximum absolute atomic E-state index is 13.3. The Hall–Kier alpha value is -2.99. The number of fused-ring (bicyclic) bond motifs is 1. The zero-order valence-electron chi connectivity index (χ0n) is 14.4. The first kappa shape index (κ1) is 16.5. The average molecular weight is 350 g/mol. The molecule has 0 fully saturated rings. The number of benzene rings is 2. The fourth-order valence-corrected chi connectivity index (χ4v) is 3.29. The average Bonchev–Trinajstić information content (AvgIpc) is 3.24. The van der Waals surface area contributed by atoms with Crippen molar-refractivity contribution in [1.29, 1.82) is 0 Å². The van der Waals surface area contributed by atoms with Crippen molar-refractivity contribution >= 4 is 11.7 Å². The fraction of sp³-hybridized carbons (Fsp3) is 0.200. The van der Waals surface area contributed by atoms with Gasteiger partial charge in [0.1, 0.15) is 5.82 Å². The van der Waals surface area contributed by atoms with Crippen molar-refractivity contribution < 1.29 is 9.18 Å². The van der Waals surface area contributed by atoms with Gasteiger partial charge in [-0.05, 0) is 30.7 Å². The lowest BCUT2D eigenvalue weighted by Crippen LogP contribution is -2.22. The van der Waals surface area contributed by atoms with E-state index in [1.807, 2.05) is 18.2 Å². The SMILES string of the molecule is CC(c1ccccc1)N1Cc2[nH]nc(NC(=O)c3cccc(F)c3)c2C1. The number of H-pyrrole nitrogens is 1. The van der Waals surface area contributed by atoms with Crippen molar-refractivity contribution in [2.75, 3.05) is 5.32 Å². The molecule has 0 saturated heterocycles. The van der Waals surface area contributed by atoms with Crippen LogP contribution >= 0.6 is 0 Å². The Morgan fingerprint density at radius 1 is 1.19 bits per heavy atom. The van der Waals surface area contributed by atoms with Crippen molar-refractivity contribution in [2.45, 2.75) is 26.1 Å². The second-order valence-corrected chi connectivity index (χ2v) is 6.49. The van der Waals surface area contributed by atoms with Crippen LogP contribution in [0.4, 0.5) is 10.2 Å². The number of anilines is 1. The third-order valence-electron chi connectivity index (χ3n) is 4.82. The van der Waals surface area contributed by atoms with Gasteiger partial charge in [0.2, 0.25) is 0 Å². The van der Waals surface area contributed by atoms with Gasteiger partial charge in [-0.2, -0.15) is 5.10 Å². The number of rotatable bonds is 4. The van der Waals surface area contributed by atoms with Crippen LogP contribution in [0.2, 0.25) is 0 Å². The molecule has 1 aromatic heterocycles. The lowest BCUT2D eigenvalue weighted by atomic mass is 10.1. The van der Waals surface area contributed by atoms with Crippen LogP contribution in [0.3, 0.4) is 0 Å². The minimum Gasteiger partial charge on any atom is -0.305 e. The Morgan fingerprint density at radius 3 is 2.77 bits per heavy atom. The summed E-state index contributed by atoms with van der Waals surface area (Å²) in [6.07, 6.45) is 0. The predicted molar refractivity (Wildman–Crippen MR) is 97.0 cm³/mol. The second-order valence-electron chi connectivity index (χ2n) is 6.49. The molecule has 4 rings (SSSR count). The molecule has 0 aliphatic carbocycles. The van der Waals surface area contributed by atoms with E-state index < -0.39 is 5.82 Å². The third-order valence-corrected chi connectivity index (χ3v) is 4.82. The first-order chi connectivity index (χ1) is 12.6. The summed E-state index contributed by atoms with van der Waals surface area (Å²) < 4.78 is 13.3. The Balaban J connectivity index is 1.49. The molecule has 2 heterocycles. The molecular weight excluding hydrogens is 331 g/mol. The zero-order chi connectivity index (χ0) is 18.1.